The zero-order chi connectivity index (χ0) is 17.4. The van der Waals surface area contributed by atoms with Crippen LogP contribution in [0.2, 0.25) is 0 Å². The van der Waals surface area contributed by atoms with Gasteiger partial charge in [-0.15, -0.1) is 11.3 Å². The predicted octanol–water partition coefficient (Wildman–Crippen LogP) is 2.29. The Morgan fingerprint density at radius 1 is 1.48 bits per heavy atom. The van der Waals surface area contributed by atoms with Crippen molar-refractivity contribution in [2.75, 3.05) is 20.3 Å². The molecule has 3 aromatic rings. The van der Waals surface area contributed by atoms with E-state index in [4.69, 9.17) is 9.72 Å². The summed E-state index contributed by atoms with van der Waals surface area (Å²) in [6, 6.07) is 2.38. The average Bonchev–Trinajstić information content (AvgIpc) is 3.28. The largest absolute Gasteiger partial charge is 0.383 e. The van der Waals surface area contributed by atoms with Crippen LogP contribution in [-0.2, 0) is 11.3 Å². The van der Waals surface area contributed by atoms with Crippen molar-refractivity contribution >= 4 is 21.6 Å². The summed E-state index contributed by atoms with van der Waals surface area (Å²) in [6.45, 7) is 4.35. The van der Waals surface area contributed by atoms with Crippen LogP contribution in [0.25, 0.3) is 20.7 Å². The molecule has 0 aromatic carbocycles. The highest BCUT2D eigenvalue weighted by Crippen LogP contribution is 2.32. The molecular weight excluding hydrogens is 338 g/mol. The Morgan fingerprint density at radius 3 is 3.12 bits per heavy atom. The van der Waals surface area contributed by atoms with Gasteiger partial charge in [0.15, 0.2) is 0 Å². The van der Waals surface area contributed by atoms with Gasteiger partial charge in [0.05, 0.1) is 24.9 Å². The van der Waals surface area contributed by atoms with E-state index in [0.29, 0.717) is 23.1 Å². The van der Waals surface area contributed by atoms with E-state index >= 15 is 0 Å². The third-order valence-corrected chi connectivity index (χ3v) is 5.89. The highest BCUT2D eigenvalue weighted by molar-refractivity contribution is 7.22. The van der Waals surface area contributed by atoms with Gasteiger partial charge < -0.3 is 9.72 Å². The lowest BCUT2D eigenvalue weighted by molar-refractivity contribution is 0.110. The minimum atomic E-state index is -0.0695. The first-order valence-corrected chi connectivity index (χ1v) is 9.23. The fraction of sp³-hybridized carbons (Fsp3) is 0.471. The molecule has 132 valence electrons. The highest BCUT2D eigenvalue weighted by Gasteiger charge is 2.25. The molecule has 2 N–H and O–H groups in total. The van der Waals surface area contributed by atoms with Gasteiger partial charge in [-0.3, -0.25) is 14.8 Å². The summed E-state index contributed by atoms with van der Waals surface area (Å²) in [6.07, 6.45) is 4.07. The molecule has 1 atom stereocenters. The van der Waals surface area contributed by atoms with Gasteiger partial charge in [-0.1, -0.05) is 0 Å². The molecule has 3 aromatic heterocycles. The molecule has 0 unspecified atom stereocenters. The molecule has 0 aliphatic carbocycles. The number of fused-ring (bicyclic) bond motifs is 1. The zero-order valence-electron chi connectivity index (χ0n) is 14.3. The minimum Gasteiger partial charge on any atom is -0.383 e. The summed E-state index contributed by atoms with van der Waals surface area (Å²) < 4.78 is 5.96. The first-order chi connectivity index (χ1) is 12.2. The second kappa shape index (κ2) is 6.70. The SMILES string of the molecule is COC[C@@H]1CCCN1Cc1nc2cc(-c3cn[nH]c3C)sc2c(=O)[nH]1. The third-order valence-electron chi connectivity index (χ3n) is 4.74. The van der Waals surface area contributed by atoms with Crippen molar-refractivity contribution in [1.29, 1.82) is 0 Å². The van der Waals surface area contributed by atoms with E-state index < -0.39 is 0 Å². The summed E-state index contributed by atoms with van der Waals surface area (Å²) in [5.74, 6) is 0.716. The van der Waals surface area contributed by atoms with Crippen LogP contribution >= 0.6 is 11.3 Å². The maximum absolute atomic E-state index is 12.5. The average molecular weight is 359 g/mol. The number of aryl methyl sites for hydroxylation is 1. The van der Waals surface area contributed by atoms with Crippen LogP contribution < -0.4 is 5.56 Å². The van der Waals surface area contributed by atoms with Crippen LogP contribution in [0.1, 0.15) is 24.4 Å². The Balaban J connectivity index is 1.65. The van der Waals surface area contributed by atoms with E-state index in [-0.39, 0.29) is 5.56 Å². The van der Waals surface area contributed by atoms with Crippen LogP contribution in [0.15, 0.2) is 17.1 Å². The number of rotatable bonds is 5. The van der Waals surface area contributed by atoms with Crippen LogP contribution in [0.3, 0.4) is 0 Å². The lowest BCUT2D eigenvalue weighted by atomic mass is 10.2. The number of aromatic amines is 2. The molecule has 25 heavy (non-hydrogen) atoms. The predicted molar refractivity (Wildman–Crippen MR) is 97.9 cm³/mol. The fourth-order valence-electron chi connectivity index (χ4n) is 3.47. The van der Waals surface area contributed by atoms with Gasteiger partial charge in [0, 0.05) is 29.3 Å². The molecule has 1 aliphatic heterocycles. The monoisotopic (exact) mass is 359 g/mol. The number of hydrogen-bond acceptors (Lipinski definition) is 6. The number of thiophene rings is 1. The first-order valence-electron chi connectivity index (χ1n) is 8.42. The molecule has 0 bridgehead atoms. The fourth-order valence-corrected chi connectivity index (χ4v) is 4.53. The number of nitrogens with one attached hydrogen (secondary N) is 2. The molecule has 4 heterocycles. The number of nitrogens with zero attached hydrogens (tertiary/aromatic N) is 3. The molecule has 0 saturated carbocycles. The summed E-state index contributed by atoms with van der Waals surface area (Å²) in [5.41, 5.74) is 2.69. The summed E-state index contributed by atoms with van der Waals surface area (Å²) in [7, 11) is 1.73. The Labute approximate surface area is 149 Å². The van der Waals surface area contributed by atoms with Gasteiger partial charge >= 0.3 is 0 Å². The smallest absolute Gasteiger partial charge is 0.268 e. The van der Waals surface area contributed by atoms with Crippen LogP contribution in [-0.4, -0.2) is 51.4 Å². The molecule has 4 rings (SSSR count). The maximum Gasteiger partial charge on any atom is 0.268 e. The Bertz CT molecular complexity index is 944. The Morgan fingerprint density at radius 2 is 2.36 bits per heavy atom. The molecule has 1 fully saturated rings. The lowest BCUT2D eigenvalue weighted by Gasteiger charge is -2.22. The minimum absolute atomic E-state index is 0.0695. The molecule has 1 aliphatic rings. The number of H-pyrrole nitrogens is 2. The molecule has 1 saturated heterocycles. The van der Waals surface area contributed by atoms with Gasteiger partial charge in [0.1, 0.15) is 10.5 Å². The van der Waals surface area contributed by atoms with Crippen molar-refractivity contribution in [2.45, 2.75) is 32.4 Å². The third kappa shape index (κ3) is 3.12. The normalized spacial score (nSPS) is 18.4. The van der Waals surface area contributed by atoms with Crippen molar-refractivity contribution in [3.8, 4) is 10.4 Å². The molecular formula is C17H21N5O2S. The number of aromatic nitrogens is 4. The van der Waals surface area contributed by atoms with E-state index in [2.05, 4.69) is 20.1 Å². The molecule has 0 spiro atoms. The summed E-state index contributed by atoms with van der Waals surface area (Å²) >= 11 is 1.46. The molecule has 0 amide bonds. The maximum atomic E-state index is 12.5. The standard InChI is InChI=1S/C17H21N5O2S/c1-10-12(7-18-21-10)14-6-13-16(25-14)17(23)20-15(19-13)8-22-5-3-4-11(22)9-24-2/h6-7,11H,3-5,8-9H2,1-2H3,(H,18,21)(H,19,20,23)/t11-/m0/s1. The van der Waals surface area contributed by atoms with Gasteiger partial charge in [0.25, 0.3) is 5.56 Å². The summed E-state index contributed by atoms with van der Waals surface area (Å²) in [5, 5.41) is 6.99. The van der Waals surface area contributed by atoms with E-state index in [1.165, 1.54) is 11.3 Å². The van der Waals surface area contributed by atoms with Crippen molar-refractivity contribution in [3.63, 3.8) is 0 Å². The van der Waals surface area contributed by atoms with Crippen LogP contribution in [0.5, 0.6) is 0 Å². The number of hydrogen-bond donors (Lipinski definition) is 2. The van der Waals surface area contributed by atoms with Crippen molar-refractivity contribution in [1.82, 2.24) is 25.1 Å². The summed E-state index contributed by atoms with van der Waals surface area (Å²) in [4.78, 5) is 23.5. The van der Waals surface area contributed by atoms with E-state index in [1.807, 2.05) is 13.0 Å². The zero-order valence-corrected chi connectivity index (χ0v) is 15.2. The molecule has 8 heteroatoms. The Hall–Kier alpha value is -2.03. The van der Waals surface area contributed by atoms with Crippen LogP contribution in [0, 0.1) is 6.92 Å². The van der Waals surface area contributed by atoms with E-state index in [9.17, 15) is 4.79 Å². The topological polar surface area (TPSA) is 86.9 Å². The van der Waals surface area contributed by atoms with Crippen LogP contribution in [0.4, 0.5) is 0 Å². The van der Waals surface area contributed by atoms with Crippen molar-refractivity contribution in [2.24, 2.45) is 0 Å². The molecule has 7 nitrogen and oxygen atoms in total. The second-order valence-corrected chi connectivity index (χ2v) is 7.52. The quantitative estimate of drug-likeness (QED) is 0.730. The second-order valence-electron chi connectivity index (χ2n) is 6.47. The van der Waals surface area contributed by atoms with Gasteiger partial charge in [-0.25, -0.2) is 4.98 Å². The molecule has 0 radical (unpaired) electrons. The van der Waals surface area contributed by atoms with Crippen molar-refractivity contribution < 1.29 is 4.74 Å². The highest BCUT2D eigenvalue weighted by atomic mass is 32.1. The van der Waals surface area contributed by atoms with Crippen molar-refractivity contribution in [3.05, 3.63) is 34.1 Å². The Kier molecular flexibility index (Phi) is 4.41. The van der Waals surface area contributed by atoms with Gasteiger partial charge in [-0.05, 0) is 32.4 Å². The lowest BCUT2D eigenvalue weighted by Crippen LogP contribution is -2.33. The van der Waals surface area contributed by atoms with Gasteiger partial charge in [-0.2, -0.15) is 5.10 Å². The van der Waals surface area contributed by atoms with E-state index in [0.717, 1.165) is 47.6 Å². The first kappa shape index (κ1) is 16.4. The number of ether oxygens (including phenoxy) is 1. The van der Waals surface area contributed by atoms with E-state index in [1.54, 1.807) is 13.3 Å². The number of likely N-dealkylation sites (tertiary alicyclic amines) is 1. The van der Waals surface area contributed by atoms with Gasteiger partial charge in [0.2, 0.25) is 0 Å². The number of methoxy groups -OCH3 is 1.